The zero-order chi connectivity index (χ0) is 22.8. The summed E-state index contributed by atoms with van der Waals surface area (Å²) in [6.45, 7) is 0. The highest BCUT2D eigenvalue weighted by Gasteiger charge is 2.22. The molecule has 0 saturated carbocycles. The van der Waals surface area contributed by atoms with Gasteiger partial charge in [0.25, 0.3) is 5.56 Å². The maximum absolute atomic E-state index is 13.4. The summed E-state index contributed by atoms with van der Waals surface area (Å²) in [5, 5.41) is 0. The number of carbonyl (C=O) groups is 1. The Bertz CT molecular complexity index is 1520. The van der Waals surface area contributed by atoms with Crippen LogP contribution in [-0.4, -0.2) is 17.6 Å². The van der Waals surface area contributed by atoms with Crippen molar-refractivity contribution in [1.29, 1.82) is 0 Å². The van der Waals surface area contributed by atoms with Gasteiger partial charge in [0.15, 0.2) is 4.80 Å². The highest BCUT2D eigenvalue weighted by molar-refractivity contribution is 7.07. The fourth-order valence-electron chi connectivity index (χ4n) is 3.82. The van der Waals surface area contributed by atoms with Crippen LogP contribution in [0.2, 0.25) is 0 Å². The van der Waals surface area contributed by atoms with E-state index in [1.54, 1.807) is 28.8 Å². The van der Waals surface area contributed by atoms with Gasteiger partial charge in [0, 0.05) is 0 Å². The molecule has 1 aliphatic rings. The zero-order valence-electron chi connectivity index (χ0n) is 17.8. The molecule has 5 nitrogen and oxygen atoms in total. The van der Waals surface area contributed by atoms with E-state index in [2.05, 4.69) is 0 Å². The molecule has 3 aromatic carbocycles. The van der Waals surface area contributed by atoms with Gasteiger partial charge in [-0.15, -0.1) is 0 Å². The molecular weight excluding hydrogens is 432 g/mol. The molecule has 0 unspecified atom stereocenters. The number of ether oxygens (including phenoxy) is 1. The lowest BCUT2D eigenvalue weighted by atomic mass is 10.0. The predicted molar refractivity (Wildman–Crippen MR) is 130 cm³/mol. The highest BCUT2D eigenvalue weighted by Crippen LogP contribution is 2.26. The lowest BCUT2D eigenvalue weighted by Crippen LogP contribution is -2.36. The molecule has 1 atom stereocenters. The average molecular weight is 453 g/mol. The van der Waals surface area contributed by atoms with E-state index >= 15 is 0 Å². The van der Waals surface area contributed by atoms with Gasteiger partial charge >= 0.3 is 5.97 Å². The van der Waals surface area contributed by atoms with Crippen LogP contribution in [0.25, 0.3) is 11.8 Å². The number of thiazole rings is 1. The molecule has 0 fully saturated rings. The minimum atomic E-state index is -0.391. The van der Waals surface area contributed by atoms with E-state index in [0.29, 0.717) is 14.9 Å². The molecule has 6 heteroatoms. The van der Waals surface area contributed by atoms with Crippen LogP contribution in [0.5, 0.6) is 0 Å². The molecule has 5 rings (SSSR count). The third-order valence-corrected chi connectivity index (χ3v) is 6.47. The van der Waals surface area contributed by atoms with E-state index in [9.17, 15) is 9.59 Å². The van der Waals surface area contributed by atoms with Crippen molar-refractivity contribution < 1.29 is 9.53 Å². The molecule has 1 aromatic heterocycles. The first kappa shape index (κ1) is 20.8. The number of methoxy groups -OCH3 is 1. The van der Waals surface area contributed by atoms with Crippen molar-refractivity contribution in [2.45, 2.75) is 6.04 Å². The fraction of sp³-hybridized carbons (Fsp3) is 0.0741. The van der Waals surface area contributed by atoms with Crippen molar-refractivity contribution in [3.8, 4) is 0 Å². The number of carbonyl (C=O) groups excluding carboxylic acids is 1. The minimum absolute atomic E-state index is 0.0898. The summed E-state index contributed by atoms with van der Waals surface area (Å²) in [5.41, 5.74) is 4.08. The van der Waals surface area contributed by atoms with E-state index in [1.807, 2.05) is 72.8 Å². The molecule has 162 valence electrons. The lowest BCUT2D eigenvalue weighted by Gasteiger charge is -2.19. The van der Waals surface area contributed by atoms with Crippen molar-refractivity contribution in [3.63, 3.8) is 0 Å². The van der Waals surface area contributed by atoms with Crippen LogP contribution in [0.3, 0.4) is 0 Å². The number of rotatable bonds is 4. The first-order valence-corrected chi connectivity index (χ1v) is 11.3. The third-order valence-electron chi connectivity index (χ3n) is 5.49. The quantitative estimate of drug-likeness (QED) is 0.443. The van der Waals surface area contributed by atoms with Gasteiger partial charge in [-0.25, -0.2) is 9.79 Å². The molecule has 0 amide bonds. The van der Waals surface area contributed by atoms with E-state index in [1.165, 1.54) is 18.4 Å². The topological polar surface area (TPSA) is 60.7 Å². The van der Waals surface area contributed by atoms with Crippen molar-refractivity contribution in [2.24, 2.45) is 4.99 Å². The first-order valence-electron chi connectivity index (χ1n) is 10.5. The molecular formula is C27H20N2O3S. The van der Waals surface area contributed by atoms with Crippen LogP contribution in [0.1, 0.15) is 33.1 Å². The molecule has 33 heavy (non-hydrogen) atoms. The number of allylic oxidation sites excluding steroid dienone is 1. The van der Waals surface area contributed by atoms with Gasteiger partial charge in [-0.05, 0) is 41.0 Å². The highest BCUT2D eigenvalue weighted by atomic mass is 32.1. The number of nitrogens with zero attached hydrogens (tertiary/aromatic N) is 2. The number of hydrogen-bond acceptors (Lipinski definition) is 5. The second kappa shape index (κ2) is 8.84. The van der Waals surface area contributed by atoms with Crippen molar-refractivity contribution in [2.75, 3.05) is 7.11 Å². The third kappa shape index (κ3) is 4.08. The van der Waals surface area contributed by atoms with Crippen LogP contribution in [-0.2, 0) is 4.74 Å². The molecule has 0 aliphatic carbocycles. The molecule has 0 saturated heterocycles. The van der Waals surface area contributed by atoms with Gasteiger partial charge in [-0.1, -0.05) is 84.1 Å². The van der Waals surface area contributed by atoms with Crippen LogP contribution >= 0.6 is 11.3 Å². The van der Waals surface area contributed by atoms with Crippen LogP contribution in [0.15, 0.2) is 101 Å². The second-order valence-electron chi connectivity index (χ2n) is 7.57. The number of aromatic nitrogens is 1. The zero-order valence-corrected chi connectivity index (χ0v) is 18.7. The minimum Gasteiger partial charge on any atom is -0.465 e. The van der Waals surface area contributed by atoms with Gasteiger partial charge < -0.3 is 4.74 Å². The van der Waals surface area contributed by atoms with Crippen molar-refractivity contribution >= 4 is 29.1 Å². The van der Waals surface area contributed by atoms with E-state index in [0.717, 1.165) is 22.4 Å². The summed E-state index contributed by atoms with van der Waals surface area (Å²) in [6, 6.07) is 26.7. The molecule has 0 radical (unpaired) electrons. The monoisotopic (exact) mass is 452 g/mol. The van der Waals surface area contributed by atoms with Gasteiger partial charge in [0.1, 0.15) is 0 Å². The number of hydrogen-bond donors (Lipinski definition) is 0. The predicted octanol–water partition coefficient (Wildman–Crippen LogP) is 3.79. The molecule has 4 aromatic rings. The Morgan fingerprint density at radius 3 is 2.30 bits per heavy atom. The Labute approximate surface area is 194 Å². The molecule has 1 aliphatic heterocycles. The molecule has 2 heterocycles. The first-order chi connectivity index (χ1) is 16.1. The van der Waals surface area contributed by atoms with Crippen molar-refractivity contribution in [1.82, 2.24) is 4.57 Å². The Hall–Kier alpha value is -4.03. The number of esters is 1. The molecule has 0 bridgehead atoms. The van der Waals surface area contributed by atoms with Crippen molar-refractivity contribution in [3.05, 3.63) is 133 Å². The van der Waals surface area contributed by atoms with Crippen LogP contribution in [0.4, 0.5) is 0 Å². The second-order valence-corrected chi connectivity index (χ2v) is 8.58. The summed E-state index contributed by atoms with van der Waals surface area (Å²) in [4.78, 5) is 30.6. The maximum Gasteiger partial charge on any atom is 0.337 e. The SMILES string of the molecule is COC(=O)c1ccc(/C=c2\sc3n(c2=O)[C@H](c2ccccc2)C=C(c2ccccc2)N=3)cc1. The van der Waals surface area contributed by atoms with Gasteiger partial charge in [0.2, 0.25) is 0 Å². The average Bonchev–Trinajstić information content (AvgIpc) is 3.19. The summed E-state index contributed by atoms with van der Waals surface area (Å²) < 4.78 is 7.09. The number of benzene rings is 3. The Morgan fingerprint density at radius 1 is 0.970 bits per heavy atom. The van der Waals surface area contributed by atoms with Crippen LogP contribution < -0.4 is 14.9 Å². The van der Waals surface area contributed by atoms with E-state index < -0.39 is 5.97 Å². The summed E-state index contributed by atoms with van der Waals surface area (Å²) in [7, 11) is 1.35. The van der Waals surface area contributed by atoms with Gasteiger partial charge in [-0.3, -0.25) is 9.36 Å². The van der Waals surface area contributed by atoms with Gasteiger partial charge in [0.05, 0.1) is 28.9 Å². The Kier molecular flexibility index (Phi) is 5.59. The fourth-order valence-corrected chi connectivity index (χ4v) is 4.84. The van der Waals surface area contributed by atoms with E-state index in [-0.39, 0.29) is 11.6 Å². The van der Waals surface area contributed by atoms with Crippen LogP contribution in [0, 0.1) is 0 Å². The number of fused-ring (bicyclic) bond motifs is 1. The summed E-state index contributed by atoms with van der Waals surface area (Å²) in [6.07, 6.45) is 3.87. The van der Waals surface area contributed by atoms with E-state index in [4.69, 9.17) is 9.73 Å². The molecule has 0 spiro atoms. The summed E-state index contributed by atoms with van der Waals surface area (Å²) in [5.74, 6) is -0.391. The maximum atomic E-state index is 13.4. The van der Waals surface area contributed by atoms with Gasteiger partial charge in [-0.2, -0.15) is 0 Å². The Morgan fingerprint density at radius 2 is 1.64 bits per heavy atom. The summed E-state index contributed by atoms with van der Waals surface area (Å²) >= 11 is 1.36. The normalized spacial score (nSPS) is 15.4. The largest absolute Gasteiger partial charge is 0.465 e. The Balaban J connectivity index is 1.65. The lowest BCUT2D eigenvalue weighted by molar-refractivity contribution is 0.0600. The standard InChI is InChI=1S/C27H20N2O3S/c1-32-26(31)21-14-12-18(13-15-21)16-24-25(30)29-23(20-10-6-3-7-11-20)17-22(28-27(29)33-24)19-8-4-2-5-9-19/h2-17,23H,1H3/b24-16-/t23-/m0/s1. The smallest absolute Gasteiger partial charge is 0.337 e. The molecule has 0 N–H and O–H groups in total.